The molecule has 2 aliphatic rings. The van der Waals surface area contributed by atoms with Crippen molar-refractivity contribution in [1.82, 2.24) is 4.68 Å². The van der Waals surface area contributed by atoms with E-state index in [0.717, 1.165) is 0 Å². The molecule has 138 valence electrons. The van der Waals surface area contributed by atoms with Gasteiger partial charge in [0.15, 0.2) is 11.6 Å². The van der Waals surface area contributed by atoms with Gasteiger partial charge in [0.1, 0.15) is 5.56 Å². The quantitative estimate of drug-likeness (QED) is 0.802. The molecule has 1 saturated heterocycles. The first-order chi connectivity index (χ1) is 12.4. The minimum Gasteiger partial charge on any atom is -0.504 e. The van der Waals surface area contributed by atoms with Gasteiger partial charge in [0.05, 0.1) is 29.8 Å². The van der Waals surface area contributed by atoms with Gasteiger partial charge in [-0.25, -0.2) is 9.18 Å². The highest BCUT2D eigenvalue weighted by atomic mass is 19.1. The standard InChI is InChI=1S/C17H18FN3O5/c1-19-3-2-9-13-11(15(22)10(17(24)25)8-21(13)19)16(23)12(18)14(9)20-4-6-26-7-5-20/h8,23H,2-7H2,1H3,(H,24,25). The molecule has 26 heavy (non-hydrogen) atoms. The van der Waals surface area contributed by atoms with Crippen LogP contribution in [0.25, 0.3) is 10.9 Å². The Hall–Kier alpha value is -2.81. The van der Waals surface area contributed by atoms with Crippen molar-refractivity contribution >= 4 is 22.6 Å². The number of phenols is 1. The number of anilines is 1. The molecule has 9 heteroatoms. The van der Waals surface area contributed by atoms with Crippen molar-refractivity contribution < 1.29 is 24.1 Å². The molecule has 2 aliphatic heterocycles. The summed E-state index contributed by atoms with van der Waals surface area (Å²) >= 11 is 0. The fraction of sp³-hybridized carbons (Fsp3) is 0.412. The summed E-state index contributed by atoms with van der Waals surface area (Å²) in [6, 6.07) is 0. The molecular weight excluding hydrogens is 345 g/mol. The molecule has 0 unspecified atom stereocenters. The molecule has 0 spiro atoms. The van der Waals surface area contributed by atoms with Gasteiger partial charge in [0, 0.05) is 38.4 Å². The second-order valence-electron chi connectivity index (χ2n) is 6.47. The number of phenolic OH excluding ortho intramolecular Hbond substituents is 1. The molecule has 3 heterocycles. The van der Waals surface area contributed by atoms with E-state index in [1.807, 2.05) is 0 Å². The lowest BCUT2D eigenvalue weighted by Crippen LogP contribution is -2.41. The monoisotopic (exact) mass is 363 g/mol. The lowest BCUT2D eigenvalue weighted by Gasteiger charge is -2.36. The smallest absolute Gasteiger partial charge is 0.341 e. The molecule has 0 amide bonds. The number of carboxylic acid groups (broad SMARTS) is 1. The van der Waals surface area contributed by atoms with E-state index in [1.165, 1.54) is 10.9 Å². The maximum Gasteiger partial charge on any atom is 0.341 e. The van der Waals surface area contributed by atoms with Crippen molar-refractivity contribution in [3.63, 3.8) is 0 Å². The zero-order valence-corrected chi connectivity index (χ0v) is 14.2. The number of ether oxygens (including phenoxy) is 1. The number of hydrogen-bond acceptors (Lipinski definition) is 6. The topological polar surface area (TPSA) is 95.2 Å². The summed E-state index contributed by atoms with van der Waals surface area (Å²) in [6.07, 6.45) is 1.71. The number of aromatic carboxylic acids is 1. The van der Waals surface area contributed by atoms with Crippen molar-refractivity contribution in [2.45, 2.75) is 6.42 Å². The Morgan fingerprint density at radius 2 is 1.96 bits per heavy atom. The normalized spacial score (nSPS) is 17.0. The average molecular weight is 363 g/mol. The zero-order valence-electron chi connectivity index (χ0n) is 14.2. The van der Waals surface area contributed by atoms with E-state index in [4.69, 9.17) is 4.74 Å². The minimum absolute atomic E-state index is 0.266. The van der Waals surface area contributed by atoms with E-state index in [2.05, 4.69) is 0 Å². The molecule has 4 rings (SSSR count). The summed E-state index contributed by atoms with van der Waals surface area (Å²) in [5.41, 5.74) is -0.169. The molecular formula is C17H18FN3O5. The van der Waals surface area contributed by atoms with Crippen LogP contribution in [-0.2, 0) is 11.2 Å². The molecule has 0 radical (unpaired) electrons. The van der Waals surface area contributed by atoms with Crippen LogP contribution in [0.3, 0.4) is 0 Å². The van der Waals surface area contributed by atoms with Gasteiger partial charge in [0.2, 0.25) is 5.43 Å². The van der Waals surface area contributed by atoms with E-state index in [1.54, 1.807) is 17.0 Å². The predicted octanol–water partition coefficient (Wildman–Crippen LogP) is 0.505. The second kappa shape index (κ2) is 5.87. The van der Waals surface area contributed by atoms with Crippen LogP contribution in [0.5, 0.6) is 5.75 Å². The fourth-order valence-electron chi connectivity index (χ4n) is 3.73. The Morgan fingerprint density at radius 1 is 1.27 bits per heavy atom. The molecule has 0 aliphatic carbocycles. The molecule has 8 nitrogen and oxygen atoms in total. The van der Waals surface area contributed by atoms with Gasteiger partial charge in [-0.15, -0.1) is 0 Å². The van der Waals surface area contributed by atoms with Crippen LogP contribution in [0.1, 0.15) is 15.9 Å². The number of pyridine rings is 1. The number of benzene rings is 1. The van der Waals surface area contributed by atoms with Crippen LogP contribution in [0.2, 0.25) is 0 Å². The minimum atomic E-state index is -1.42. The Balaban J connectivity index is 2.13. The molecule has 1 fully saturated rings. The number of halogens is 1. The summed E-state index contributed by atoms with van der Waals surface area (Å²) in [6.45, 7) is 2.36. The lowest BCUT2D eigenvalue weighted by molar-refractivity contribution is 0.0695. The third-order valence-electron chi connectivity index (χ3n) is 5.02. The van der Waals surface area contributed by atoms with E-state index in [-0.39, 0.29) is 11.1 Å². The number of rotatable bonds is 2. The van der Waals surface area contributed by atoms with Gasteiger partial charge in [-0.2, -0.15) is 0 Å². The van der Waals surface area contributed by atoms with Crippen LogP contribution in [-0.4, -0.2) is 60.8 Å². The number of carboxylic acids is 1. The first kappa shape index (κ1) is 16.6. The number of carbonyl (C=O) groups is 1. The van der Waals surface area contributed by atoms with Gasteiger partial charge < -0.3 is 24.9 Å². The van der Waals surface area contributed by atoms with Crippen LogP contribution in [0, 0.1) is 5.82 Å². The zero-order chi connectivity index (χ0) is 18.6. The van der Waals surface area contributed by atoms with Crippen LogP contribution in [0.4, 0.5) is 10.1 Å². The number of likely N-dealkylation sites (N-methyl/N-ethyl adjacent to an activating group) is 1. The Kier molecular flexibility index (Phi) is 3.76. The van der Waals surface area contributed by atoms with Crippen LogP contribution >= 0.6 is 0 Å². The largest absolute Gasteiger partial charge is 0.504 e. The summed E-state index contributed by atoms with van der Waals surface area (Å²) in [4.78, 5) is 25.8. The highest BCUT2D eigenvalue weighted by Gasteiger charge is 2.31. The lowest BCUT2D eigenvalue weighted by atomic mass is 9.98. The Morgan fingerprint density at radius 3 is 2.62 bits per heavy atom. The maximum atomic E-state index is 15.1. The third kappa shape index (κ3) is 2.23. The van der Waals surface area contributed by atoms with Gasteiger partial charge in [0.25, 0.3) is 0 Å². The number of aromatic hydroxyl groups is 1. The van der Waals surface area contributed by atoms with Crippen molar-refractivity contribution in [2.75, 3.05) is 49.8 Å². The molecule has 1 aromatic carbocycles. The van der Waals surface area contributed by atoms with Gasteiger partial charge in [-0.3, -0.25) is 9.47 Å². The number of hydrogen-bond donors (Lipinski definition) is 2. The van der Waals surface area contributed by atoms with E-state index >= 15 is 4.39 Å². The third-order valence-corrected chi connectivity index (χ3v) is 5.02. The fourth-order valence-corrected chi connectivity index (χ4v) is 3.73. The Labute approximate surface area is 147 Å². The highest BCUT2D eigenvalue weighted by Crippen LogP contribution is 2.40. The van der Waals surface area contributed by atoms with Gasteiger partial charge in [-0.1, -0.05) is 0 Å². The molecule has 2 N–H and O–H groups in total. The maximum absolute atomic E-state index is 15.1. The summed E-state index contributed by atoms with van der Waals surface area (Å²) < 4.78 is 21.9. The van der Waals surface area contributed by atoms with Crippen molar-refractivity contribution in [2.24, 2.45) is 0 Å². The Bertz CT molecular complexity index is 981. The van der Waals surface area contributed by atoms with Gasteiger partial charge in [-0.05, 0) is 6.42 Å². The van der Waals surface area contributed by atoms with Crippen molar-refractivity contribution in [3.05, 3.63) is 33.4 Å². The van der Waals surface area contributed by atoms with E-state index in [9.17, 15) is 19.8 Å². The SMILES string of the molecule is CN1CCc2c(N3CCOCC3)c(F)c(O)c3c(=O)c(C(=O)O)cn1c23. The molecule has 0 saturated carbocycles. The predicted molar refractivity (Wildman–Crippen MR) is 92.5 cm³/mol. The molecule has 0 bridgehead atoms. The summed E-state index contributed by atoms with van der Waals surface area (Å²) in [7, 11) is 1.74. The van der Waals surface area contributed by atoms with Crippen LogP contribution in [0.15, 0.2) is 11.0 Å². The number of aromatic nitrogens is 1. The molecule has 2 aromatic rings. The van der Waals surface area contributed by atoms with E-state index < -0.39 is 28.5 Å². The highest BCUT2D eigenvalue weighted by molar-refractivity contribution is 5.98. The van der Waals surface area contributed by atoms with E-state index in [0.29, 0.717) is 50.3 Å². The average Bonchev–Trinajstić information content (AvgIpc) is 2.62. The first-order valence-electron chi connectivity index (χ1n) is 8.32. The molecule has 1 aromatic heterocycles. The molecule has 0 atom stereocenters. The number of morpholine rings is 1. The number of nitrogens with zero attached hydrogens (tertiary/aromatic N) is 3. The van der Waals surface area contributed by atoms with Gasteiger partial charge >= 0.3 is 5.97 Å². The summed E-state index contributed by atoms with van der Waals surface area (Å²) in [5.74, 6) is -3.11. The summed E-state index contributed by atoms with van der Waals surface area (Å²) in [5, 5.41) is 21.2. The van der Waals surface area contributed by atoms with Crippen molar-refractivity contribution in [3.8, 4) is 5.75 Å². The first-order valence-corrected chi connectivity index (χ1v) is 8.32. The van der Waals surface area contributed by atoms with Crippen molar-refractivity contribution in [1.29, 1.82) is 0 Å². The van der Waals surface area contributed by atoms with Crippen LogP contribution < -0.4 is 15.3 Å². The second-order valence-corrected chi connectivity index (χ2v) is 6.47.